The Morgan fingerprint density at radius 1 is 1.24 bits per heavy atom. The number of rotatable bonds is 1. The zero-order valence-electron chi connectivity index (χ0n) is 9.03. The highest BCUT2D eigenvalue weighted by Crippen LogP contribution is 2.31. The molecule has 1 amide bonds. The second kappa shape index (κ2) is 3.66. The van der Waals surface area contributed by atoms with Gasteiger partial charge in [0.2, 0.25) is 0 Å². The van der Waals surface area contributed by atoms with Gasteiger partial charge in [0, 0.05) is 23.1 Å². The maximum Gasteiger partial charge on any atom is 0.256 e. The summed E-state index contributed by atoms with van der Waals surface area (Å²) in [6.07, 6.45) is 3.64. The van der Waals surface area contributed by atoms with E-state index in [9.17, 15) is 4.79 Å². The van der Waals surface area contributed by atoms with Crippen LogP contribution in [0, 0.1) is 0 Å². The third kappa shape index (κ3) is 1.67. The minimum absolute atomic E-state index is 0.0970. The number of carbonyl (C=O) groups excluding carboxylic acids is 1. The van der Waals surface area contributed by atoms with E-state index >= 15 is 0 Å². The van der Waals surface area contributed by atoms with E-state index in [0.717, 1.165) is 16.9 Å². The molecule has 1 aliphatic heterocycles. The van der Waals surface area contributed by atoms with E-state index < -0.39 is 0 Å². The van der Waals surface area contributed by atoms with Crippen LogP contribution in [0.25, 0.3) is 11.6 Å². The van der Waals surface area contributed by atoms with Crippen molar-refractivity contribution in [3.05, 3.63) is 47.8 Å². The number of amides is 1. The lowest BCUT2D eigenvalue weighted by atomic mass is 9.92. The van der Waals surface area contributed by atoms with Crippen LogP contribution < -0.4 is 10.8 Å². The van der Waals surface area contributed by atoms with Crippen LogP contribution in [-0.4, -0.2) is 18.7 Å². The number of hydrogen-bond acceptors (Lipinski definition) is 1. The summed E-state index contributed by atoms with van der Waals surface area (Å²) in [5, 5.41) is 2.81. The summed E-state index contributed by atoms with van der Waals surface area (Å²) >= 11 is 0. The van der Waals surface area contributed by atoms with Crippen LogP contribution in [0.4, 0.5) is 5.69 Å². The van der Waals surface area contributed by atoms with Crippen molar-refractivity contribution in [2.75, 3.05) is 5.32 Å². The van der Waals surface area contributed by atoms with Crippen molar-refractivity contribution in [1.29, 1.82) is 0 Å². The molecule has 80 valence electrons. The van der Waals surface area contributed by atoms with E-state index in [1.54, 1.807) is 6.07 Å². The summed E-state index contributed by atoms with van der Waals surface area (Å²) in [6.45, 7) is 0. The number of carbonyl (C=O) groups is 1. The van der Waals surface area contributed by atoms with Crippen LogP contribution in [0.3, 0.4) is 0 Å². The minimum atomic E-state index is -0.0970. The Bertz CT molecular complexity index is 614. The van der Waals surface area contributed by atoms with Gasteiger partial charge in [-0.1, -0.05) is 17.6 Å². The summed E-state index contributed by atoms with van der Waals surface area (Å²) in [4.78, 5) is 14.9. The predicted octanol–water partition coefficient (Wildman–Crippen LogP) is 1.30. The summed E-state index contributed by atoms with van der Waals surface area (Å²) < 4.78 is 0. The van der Waals surface area contributed by atoms with Crippen molar-refractivity contribution in [1.82, 2.24) is 4.98 Å². The fourth-order valence-electron chi connectivity index (χ4n) is 1.94. The lowest BCUT2D eigenvalue weighted by molar-refractivity contribution is -0.110. The van der Waals surface area contributed by atoms with E-state index in [-0.39, 0.29) is 5.91 Å². The molecule has 4 heteroatoms. The van der Waals surface area contributed by atoms with Gasteiger partial charge in [-0.15, -0.1) is 0 Å². The first kappa shape index (κ1) is 9.96. The zero-order chi connectivity index (χ0) is 11.8. The van der Waals surface area contributed by atoms with Crippen LogP contribution in [0.5, 0.6) is 0 Å². The summed E-state index contributed by atoms with van der Waals surface area (Å²) in [5.74, 6) is -0.0970. The topological polar surface area (TPSA) is 44.9 Å². The number of aromatic nitrogens is 1. The molecule has 3 rings (SSSR count). The molecule has 2 N–H and O–H groups in total. The van der Waals surface area contributed by atoms with Crippen LogP contribution in [0.1, 0.15) is 11.3 Å². The van der Waals surface area contributed by atoms with Gasteiger partial charge in [-0.3, -0.25) is 4.79 Å². The monoisotopic (exact) mass is 220 g/mol. The number of anilines is 1. The van der Waals surface area contributed by atoms with E-state index in [1.807, 2.05) is 36.5 Å². The van der Waals surface area contributed by atoms with Gasteiger partial charge in [0.1, 0.15) is 7.85 Å². The molecule has 0 spiro atoms. The standard InChI is InChI=1S/C13H9BN2O/c14-8-3-4-12-10(6-8)11(13(17)16-12)7-9-2-1-5-15-9/h1-7,15H,(H,16,17). The molecule has 17 heavy (non-hydrogen) atoms. The van der Waals surface area contributed by atoms with Gasteiger partial charge in [0.15, 0.2) is 0 Å². The molecule has 0 bridgehead atoms. The Morgan fingerprint density at radius 3 is 2.88 bits per heavy atom. The number of aromatic amines is 1. The maximum atomic E-state index is 11.8. The van der Waals surface area contributed by atoms with Gasteiger partial charge in [0.05, 0.1) is 5.57 Å². The minimum Gasteiger partial charge on any atom is -0.362 e. The van der Waals surface area contributed by atoms with Crippen molar-refractivity contribution in [2.24, 2.45) is 0 Å². The largest absolute Gasteiger partial charge is 0.362 e. The van der Waals surface area contributed by atoms with Gasteiger partial charge in [0.25, 0.3) is 5.91 Å². The summed E-state index contributed by atoms with van der Waals surface area (Å²) in [5.41, 5.74) is 3.84. The lowest BCUT2D eigenvalue weighted by Gasteiger charge is -1.99. The Balaban J connectivity index is 2.13. The quantitative estimate of drug-likeness (QED) is 0.552. The van der Waals surface area contributed by atoms with Crippen molar-refractivity contribution in [3.63, 3.8) is 0 Å². The highest BCUT2D eigenvalue weighted by atomic mass is 16.2. The van der Waals surface area contributed by atoms with E-state index in [1.165, 1.54) is 0 Å². The van der Waals surface area contributed by atoms with Gasteiger partial charge < -0.3 is 10.3 Å². The first-order valence-electron chi connectivity index (χ1n) is 5.30. The van der Waals surface area contributed by atoms with E-state index in [2.05, 4.69) is 10.3 Å². The number of nitrogens with one attached hydrogen (secondary N) is 2. The second-order valence-electron chi connectivity index (χ2n) is 3.94. The zero-order valence-corrected chi connectivity index (χ0v) is 9.03. The van der Waals surface area contributed by atoms with Gasteiger partial charge in [-0.2, -0.15) is 0 Å². The molecular weight excluding hydrogens is 211 g/mol. The molecule has 2 radical (unpaired) electrons. The molecule has 0 atom stereocenters. The van der Waals surface area contributed by atoms with E-state index in [4.69, 9.17) is 7.85 Å². The Kier molecular flexibility index (Phi) is 2.15. The molecule has 1 aromatic heterocycles. The van der Waals surface area contributed by atoms with Crippen molar-refractivity contribution >= 4 is 36.6 Å². The highest BCUT2D eigenvalue weighted by Gasteiger charge is 2.23. The van der Waals surface area contributed by atoms with Crippen molar-refractivity contribution in [3.8, 4) is 0 Å². The number of H-pyrrole nitrogens is 1. The molecule has 0 saturated heterocycles. The van der Waals surface area contributed by atoms with Crippen LogP contribution >= 0.6 is 0 Å². The Hall–Kier alpha value is -2.23. The third-order valence-corrected chi connectivity index (χ3v) is 2.75. The van der Waals surface area contributed by atoms with Crippen LogP contribution in [-0.2, 0) is 4.79 Å². The fourth-order valence-corrected chi connectivity index (χ4v) is 1.94. The predicted molar refractivity (Wildman–Crippen MR) is 69.1 cm³/mol. The number of benzene rings is 1. The third-order valence-electron chi connectivity index (χ3n) is 2.75. The molecule has 2 heterocycles. The normalized spacial score (nSPS) is 16.0. The maximum absolute atomic E-state index is 11.8. The molecule has 1 aliphatic rings. The molecule has 0 aliphatic carbocycles. The second-order valence-corrected chi connectivity index (χ2v) is 3.94. The molecular formula is C13H9BN2O. The van der Waals surface area contributed by atoms with E-state index in [0.29, 0.717) is 11.0 Å². The average Bonchev–Trinajstić information content (AvgIpc) is 2.90. The number of hydrogen-bond donors (Lipinski definition) is 2. The highest BCUT2D eigenvalue weighted by molar-refractivity contribution is 6.37. The van der Waals surface area contributed by atoms with Gasteiger partial charge in [-0.05, 0) is 24.3 Å². The van der Waals surface area contributed by atoms with Crippen LogP contribution in [0.2, 0.25) is 0 Å². The fraction of sp³-hybridized carbons (Fsp3) is 0. The molecule has 0 fully saturated rings. The summed E-state index contributed by atoms with van der Waals surface area (Å²) in [7, 11) is 5.74. The Labute approximate surface area is 100.0 Å². The summed E-state index contributed by atoms with van der Waals surface area (Å²) in [6, 6.07) is 9.20. The number of fused-ring (bicyclic) bond motifs is 1. The molecule has 0 unspecified atom stereocenters. The SMILES string of the molecule is [B]c1ccc2c(c1)C(=Cc1ccc[nH]1)C(=O)N2. The molecule has 2 aromatic rings. The Morgan fingerprint density at radius 2 is 2.12 bits per heavy atom. The van der Waals surface area contributed by atoms with Gasteiger partial charge in [-0.25, -0.2) is 0 Å². The smallest absolute Gasteiger partial charge is 0.256 e. The molecule has 3 nitrogen and oxygen atoms in total. The van der Waals surface area contributed by atoms with Crippen LogP contribution in [0.15, 0.2) is 36.5 Å². The first-order valence-corrected chi connectivity index (χ1v) is 5.30. The average molecular weight is 220 g/mol. The molecule has 0 saturated carbocycles. The van der Waals surface area contributed by atoms with Gasteiger partial charge >= 0.3 is 0 Å². The van der Waals surface area contributed by atoms with Crippen molar-refractivity contribution < 1.29 is 4.79 Å². The first-order chi connectivity index (χ1) is 8.24. The van der Waals surface area contributed by atoms with Crippen molar-refractivity contribution in [2.45, 2.75) is 0 Å². The molecule has 1 aromatic carbocycles. The lowest BCUT2D eigenvalue weighted by Crippen LogP contribution is -2.03.